The van der Waals surface area contributed by atoms with Crippen LogP contribution in [-0.2, 0) is 11.8 Å². The zero-order valence-electron chi connectivity index (χ0n) is 21.1. The van der Waals surface area contributed by atoms with Gasteiger partial charge in [0, 0.05) is 68.5 Å². The fourth-order valence-corrected chi connectivity index (χ4v) is 7.81. The van der Waals surface area contributed by atoms with E-state index in [2.05, 4.69) is 52.0 Å². The molecule has 4 aromatic rings. The predicted octanol–water partition coefficient (Wildman–Crippen LogP) is 5.10. The Bertz CT molecular complexity index is 1390. The summed E-state index contributed by atoms with van der Waals surface area (Å²) >= 11 is 1.75. The zero-order valence-corrected chi connectivity index (χ0v) is 21.9. The van der Waals surface area contributed by atoms with Gasteiger partial charge in [-0.2, -0.15) is 5.10 Å². The Hall–Kier alpha value is -2.55. The van der Waals surface area contributed by atoms with Crippen LogP contribution in [0.15, 0.2) is 29.8 Å². The highest BCUT2D eigenvalue weighted by atomic mass is 32.1. The molecule has 3 atom stereocenters. The van der Waals surface area contributed by atoms with E-state index in [-0.39, 0.29) is 0 Å². The lowest BCUT2D eigenvalue weighted by atomic mass is 10.00. The number of hydrogen-bond donors (Lipinski definition) is 1. The van der Waals surface area contributed by atoms with Crippen molar-refractivity contribution in [1.29, 1.82) is 0 Å². The summed E-state index contributed by atoms with van der Waals surface area (Å²) in [5.41, 5.74) is 4.34. The third kappa shape index (κ3) is 3.99. The van der Waals surface area contributed by atoms with Crippen LogP contribution in [0.25, 0.3) is 32.2 Å². The second kappa shape index (κ2) is 9.08. The molecule has 5 heterocycles. The van der Waals surface area contributed by atoms with Gasteiger partial charge in [-0.1, -0.05) is 6.07 Å². The summed E-state index contributed by atoms with van der Waals surface area (Å²) in [7, 11) is 1.97. The van der Waals surface area contributed by atoms with Gasteiger partial charge in [0.25, 0.3) is 0 Å². The van der Waals surface area contributed by atoms with E-state index < -0.39 is 0 Å². The Kier molecular flexibility index (Phi) is 5.71. The molecule has 3 aromatic heterocycles. The Morgan fingerprint density at radius 2 is 1.86 bits per heavy atom. The monoisotopic (exact) mass is 502 g/mol. The number of thiophene rings is 1. The number of nitrogens with zero attached hydrogens (tertiary/aromatic N) is 5. The Balaban J connectivity index is 1.07. The van der Waals surface area contributed by atoms with E-state index in [1.54, 1.807) is 11.3 Å². The van der Waals surface area contributed by atoms with Crippen molar-refractivity contribution in [2.24, 2.45) is 24.8 Å². The number of ether oxygens (including phenoxy) is 1. The fraction of sp³-hybridized carbons (Fsp3) is 0.536. The van der Waals surface area contributed by atoms with E-state index in [9.17, 15) is 0 Å². The molecule has 3 aliphatic rings. The molecule has 1 N–H and O–H groups in total. The van der Waals surface area contributed by atoms with Crippen LogP contribution < -0.4 is 5.32 Å². The molecule has 8 heteroatoms. The molecule has 7 nitrogen and oxygen atoms in total. The maximum atomic E-state index is 5.55. The van der Waals surface area contributed by atoms with Crippen LogP contribution >= 0.6 is 11.3 Å². The Morgan fingerprint density at radius 3 is 2.67 bits per heavy atom. The minimum absolute atomic E-state index is 0.488. The molecule has 3 fully saturated rings. The summed E-state index contributed by atoms with van der Waals surface area (Å²) in [6.07, 6.45) is 7.03. The molecule has 2 aliphatic heterocycles. The second-order valence-corrected chi connectivity index (χ2v) is 12.1. The molecule has 36 heavy (non-hydrogen) atoms. The first kappa shape index (κ1) is 22.6. The minimum Gasteiger partial charge on any atom is -0.381 e. The van der Waals surface area contributed by atoms with Crippen molar-refractivity contribution in [2.75, 3.05) is 38.2 Å². The van der Waals surface area contributed by atoms with Gasteiger partial charge in [0.2, 0.25) is 0 Å². The van der Waals surface area contributed by atoms with Crippen LogP contribution in [0.1, 0.15) is 31.2 Å². The van der Waals surface area contributed by atoms with Gasteiger partial charge in [0.15, 0.2) is 5.82 Å². The summed E-state index contributed by atoms with van der Waals surface area (Å²) < 4.78 is 8.63. The molecule has 1 aromatic carbocycles. The van der Waals surface area contributed by atoms with Gasteiger partial charge in [-0.25, -0.2) is 0 Å². The lowest BCUT2D eigenvalue weighted by molar-refractivity contribution is 0.0545. The summed E-state index contributed by atoms with van der Waals surface area (Å²) in [5, 5.41) is 22.4. The SMILES string of the molecule is Cc1c(-c2nnc(N[C@H]3C[C@@H]4CN(CC5CCOCC5)C[C@@H]4C3)c3ccsc23)ccc2nn(C)cc12. The maximum Gasteiger partial charge on any atom is 0.157 e. The number of fused-ring (bicyclic) bond motifs is 3. The molecule has 7 rings (SSSR count). The number of benzene rings is 1. The summed E-state index contributed by atoms with van der Waals surface area (Å²) in [4.78, 5) is 2.73. The number of rotatable bonds is 5. The highest BCUT2D eigenvalue weighted by Crippen LogP contribution is 2.42. The average molecular weight is 503 g/mol. The maximum absolute atomic E-state index is 5.55. The second-order valence-electron chi connectivity index (χ2n) is 11.1. The highest BCUT2D eigenvalue weighted by Gasteiger charge is 2.41. The molecule has 188 valence electrons. The normalized spacial score (nSPS) is 25.2. The van der Waals surface area contributed by atoms with Gasteiger partial charge in [-0.15, -0.1) is 21.5 Å². The standard InChI is InChI=1S/C28H34N6OS/c1-17-22(3-4-25-24(17)16-33(2)32-25)26-27-23(7-10-36-27)28(31-30-26)29-21-11-19-14-34(15-20(19)12-21)13-18-5-8-35-9-6-18/h3-4,7,10,16,18-21H,5-6,8-9,11-15H2,1-2H3,(H,29,31)/t19-,20+,21+. The molecule has 1 aliphatic carbocycles. The number of anilines is 1. The Labute approximate surface area is 215 Å². The number of hydrogen-bond acceptors (Lipinski definition) is 7. The van der Waals surface area contributed by atoms with Crippen LogP contribution in [0.2, 0.25) is 0 Å². The summed E-state index contributed by atoms with van der Waals surface area (Å²) in [5.74, 6) is 3.39. The van der Waals surface area contributed by atoms with Crippen molar-refractivity contribution in [1.82, 2.24) is 24.9 Å². The average Bonchev–Trinajstić information content (AvgIpc) is 3.64. The largest absolute Gasteiger partial charge is 0.381 e. The van der Waals surface area contributed by atoms with Crippen molar-refractivity contribution in [3.05, 3.63) is 35.3 Å². The van der Waals surface area contributed by atoms with Crippen LogP contribution in [0.4, 0.5) is 5.82 Å². The molecule has 1 saturated carbocycles. The van der Waals surface area contributed by atoms with Gasteiger partial charge in [0.05, 0.1) is 10.2 Å². The molecule has 0 unspecified atom stereocenters. The van der Waals surface area contributed by atoms with E-state index in [0.29, 0.717) is 6.04 Å². The first-order chi connectivity index (χ1) is 17.6. The van der Waals surface area contributed by atoms with Crippen molar-refractivity contribution in [2.45, 2.75) is 38.6 Å². The van der Waals surface area contributed by atoms with Crippen molar-refractivity contribution in [3.8, 4) is 11.3 Å². The lowest BCUT2D eigenvalue weighted by Gasteiger charge is -2.27. The van der Waals surface area contributed by atoms with Crippen molar-refractivity contribution >= 4 is 38.1 Å². The van der Waals surface area contributed by atoms with Crippen LogP contribution in [0.3, 0.4) is 0 Å². The van der Waals surface area contributed by atoms with Crippen molar-refractivity contribution < 1.29 is 4.74 Å². The molecule has 2 saturated heterocycles. The van der Waals surface area contributed by atoms with Gasteiger partial charge < -0.3 is 15.0 Å². The van der Waals surface area contributed by atoms with E-state index in [1.807, 2.05) is 11.7 Å². The van der Waals surface area contributed by atoms with Crippen molar-refractivity contribution in [3.63, 3.8) is 0 Å². The number of aromatic nitrogens is 4. The third-order valence-corrected chi connectivity index (χ3v) is 9.66. The van der Waals surface area contributed by atoms with Gasteiger partial charge >= 0.3 is 0 Å². The van der Waals surface area contributed by atoms with E-state index in [4.69, 9.17) is 14.9 Å². The summed E-state index contributed by atoms with van der Waals surface area (Å²) in [6.45, 7) is 7.84. The quantitative estimate of drug-likeness (QED) is 0.409. The number of aryl methyl sites for hydroxylation is 2. The number of likely N-dealkylation sites (tertiary alicyclic amines) is 1. The lowest BCUT2D eigenvalue weighted by Crippen LogP contribution is -2.32. The van der Waals surface area contributed by atoms with Gasteiger partial charge in [-0.3, -0.25) is 4.68 Å². The highest BCUT2D eigenvalue weighted by molar-refractivity contribution is 7.17. The molecule has 0 radical (unpaired) electrons. The first-order valence-corrected chi connectivity index (χ1v) is 14.2. The number of nitrogens with one attached hydrogen (secondary N) is 1. The van der Waals surface area contributed by atoms with Gasteiger partial charge in [-0.05, 0) is 73.4 Å². The summed E-state index contributed by atoms with van der Waals surface area (Å²) in [6, 6.07) is 6.92. The topological polar surface area (TPSA) is 68.1 Å². The van der Waals surface area contributed by atoms with Crippen LogP contribution in [0.5, 0.6) is 0 Å². The van der Waals surface area contributed by atoms with E-state index in [1.165, 1.54) is 66.4 Å². The molecular formula is C28H34N6OS. The fourth-order valence-electron chi connectivity index (χ4n) is 6.92. The molecule has 0 spiro atoms. The molecule has 0 bridgehead atoms. The Morgan fingerprint density at radius 1 is 1.06 bits per heavy atom. The van der Waals surface area contributed by atoms with Crippen LogP contribution in [-0.4, -0.2) is 63.8 Å². The molecule has 0 amide bonds. The third-order valence-electron chi connectivity index (χ3n) is 8.74. The van der Waals surface area contributed by atoms with E-state index in [0.717, 1.165) is 53.6 Å². The molecular weight excluding hydrogens is 468 g/mol. The smallest absolute Gasteiger partial charge is 0.157 e. The van der Waals surface area contributed by atoms with Gasteiger partial charge in [0.1, 0.15) is 5.69 Å². The van der Waals surface area contributed by atoms with Crippen LogP contribution in [0, 0.1) is 24.7 Å². The predicted molar refractivity (Wildman–Crippen MR) is 145 cm³/mol. The minimum atomic E-state index is 0.488. The zero-order chi connectivity index (χ0) is 24.2. The first-order valence-electron chi connectivity index (χ1n) is 13.4. The van der Waals surface area contributed by atoms with E-state index >= 15 is 0 Å².